The van der Waals surface area contributed by atoms with Crippen molar-refractivity contribution < 1.29 is 23.1 Å². The molecule has 2 fully saturated rings. The van der Waals surface area contributed by atoms with Gasteiger partial charge < -0.3 is 25.2 Å². The molecule has 0 spiro atoms. The van der Waals surface area contributed by atoms with Crippen LogP contribution in [0.3, 0.4) is 0 Å². The number of halogens is 2. The number of likely N-dealkylation sites (N-methyl/N-ethyl adjacent to an activating group) is 1. The molecule has 2 aliphatic heterocycles. The molecule has 5 rings (SSSR count). The second-order valence-electron chi connectivity index (χ2n) is 9.61. The number of nitrogens with zero attached hydrogens (tertiary/aromatic N) is 5. The first-order valence-electron chi connectivity index (χ1n) is 12.9. The van der Waals surface area contributed by atoms with E-state index < -0.39 is 17.7 Å². The number of nitrogens with one attached hydrogen (secondary N) is 2. The van der Waals surface area contributed by atoms with E-state index in [-0.39, 0.29) is 5.91 Å². The van der Waals surface area contributed by atoms with Gasteiger partial charge in [-0.1, -0.05) is 6.58 Å². The van der Waals surface area contributed by atoms with Gasteiger partial charge in [-0.05, 0) is 36.9 Å². The Kier molecular flexibility index (Phi) is 8.08. The SMILES string of the molecule is C=CC(=O)Nc1cc(Nc2cc(N3OCC[C@@H]3c3cc(F)cc(F)c3)ncn2)c(OC)cc1N1CCN(C)CC1. The van der Waals surface area contributed by atoms with Crippen molar-refractivity contribution in [3.05, 3.63) is 72.6 Å². The van der Waals surface area contributed by atoms with E-state index in [0.29, 0.717) is 47.4 Å². The van der Waals surface area contributed by atoms with Gasteiger partial charge in [-0.2, -0.15) is 0 Å². The number of hydrogen-bond donors (Lipinski definition) is 2. The maximum Gasteiger partial charge on any atom is 0.247 e. The number of carbonyl (C=O) groups is 1. The Morgan fingerprint density at radius 3 is 2.52 bits per heavy atom. The van der Waals surface area contributed by atoms with Gasteiger partial charge in [0, 0.05) is 50.8 Å². The van der Waals surface area contributed by atoms with Crippen LogP contribution in [0.1, 0.15) is 18.0 Å². The second-order valence-corrected chi connectivity index (χ2v) is 9.61. The highest BCUT2D eigenvalue weighted by molar-refractivity contribution is 6.02. The summed E-state index contributed by atoms with van der Waals surface area (Å²) < 4.78 is 33.5. The molecule has 3 aromatic rings. The molecule has 2 aromatic carbocycles. The summed E-state index contributed by atoms with van der Waals surface area (Å²) in [6.07, 6.45) is 3.12. The van der Waals surface area contributed by atoms with E-state index >= 15 is 0 Å². The number of amides is 1. The maximum absolute atomic E-state index is 13.9. The predicted octanol–water partition coefficient (Wildman–Crippen LogP) is 4.27. The zero-order valence-corrected chi connectivity index (χ0v) is 22.4. The van der Waals surface area contributed by atoms with Crippen LogP contribution in [0.2, 0.25) is 0 Å². The van der Waals surface area contributed by atoms with Crippen molar-refractivity contribution >= 4 is 34.6 Å². The van der Waals surface area contributed by atoms with E-state index in [1.807, 2.05) is 6.07 Å². The lowest BCUT2D eigenvalue weighted by Crippen LogP contribution is -2.44. The molecule has 0 saturated carbocycles. The molecule has 2 N–H and O–H groups in total. The van der Waals surface area contributed by atoms with Crippen LogP contribution in [0.15, 0.2) is 55.4 Å². The van der Waals surface area contributed by atoms with Crippen molar-refractivity contribution in [2.75, 3.05) is 67.5 Å². The van der Waals surface area contributed by atoms with Crippen LogP contribution in [-0.2, 0) is 9.63 Å². The summed E-state index contributed by atoms with van der Waals surface area (Å²) in [6, 6.07) is 8.34. The molecule has 10 nitrogen and oxygen atoms in total. The van der Waals surface area contributed by atoms with Crippen LogP contribution in [0.5, 0.6) is 5.75 Å². The zero-order chi connectivity index (χ0) is 28.2. The lowest BCUT2D eigenvalue weighted by atomic mass is 10.0. The first kappa shape index (κ1) is 27.3. The average molecular weight is 552 g/mol. The average Bonchev–Trinajstić information content (AvgIpc) is 3.44. The second kappa shape index (κ2) is 11.8. The monoisotopic (exact) mass is 551 g/mol. The Balaban J connectivity index is 1.44. The normalized spacial score (nSPS) is 17.6. The Bertz CT molecular complexity index is 1380. The molecule has 12 heteroatoms. The Morgan fingerprint density at radius 2 is 1.82 bits per heavy atom. The van der Waals surface area contributed by atoms with E-state index in [9.17, 15) is 13.6 Å². The number of hydrogen-bond acceptors (Lipinski definition) is 9. The number of ether oxygens (including phenoxy) is 1. The van der Waals surface area contributed by atoms with Gasteiger partial charge in [0.15, 0.2) is 5.82 Å². The predicted molar refractivity (Wildman–Crippen MR) is 149 cm³/mol. The van der Waals surface area contributed by atoms with Crippen molar-refractivity contribution in [3.8, 4) is 5.75 Å². The molecular weight excluding hydrogens is 520 g/mol. The van der Waals surface area contributed by atoms with E-state index in [2.05, 4.69) is 44.0 Å². The fourth-order valence-corrected chi connectivity index (χ4v) is 4.87. The van der Waals surface area contributed by atoms with E-state index in [1.165, 1.54) is 29.6 Å². The summed E-state index contributed by atoms with van der Waals surface area (Å²) in [5.41, 5.74) is 2.45. The van der Waals surface area contributed by atoms with E-state index in [1.54, 1.807) is 19.2 Å². The molecule has 0 unspecified atom stereocenters. The molecular formula is C28H31F2N7O3. The van der Waals surface area contributed by atoms with Crippen LogP contribution < -0.4 is 25.3 Å². The minimum absolute atomic E-state index is 0.332. The summed E-state index contributed by atoms with van der Waals surface area (Å²) in [4.78, 5) is 31.2. The number of methoxy groups -OCH3 is 1. The highest BCUT2D eigenvalue weighted by Gasteiger charge is 2.30. The van der Waals surface area contributed by atoms with Gasteiger partial charge in [0.2, 0.25) is 5.91 Å². The van der Waals surface area contributed by atoms with E-state index in [4.69, 9.17) is 9.57 Å². The maximum atomic E-state index is 13.9. The first-order valence-corrected chi connectivity index (χ1v) is 12.9. The highest BCUT2D eigenvalue weighted by Crippen LogP contribution is 2.40. The summed E-state index contributed by atoms with van der Waals surface area (Å²) in [7, 11) is 3.65. The van der Waals surface area contributed by atoms with Gasteiger partial charge in [0.1, 0.15) is 29.5 Å². The third-order valence-corrected chi connectivity index (χ3v) is 6.92. The third kappa shape index (κ3) is 5.97. The van der Waals surface area contributed by atoms with Gasteiger partial charge >= 0.3 is 0 Å². The molecule has 0 aliphatic carbocycles. The minimum Gasteiger partial charge on any atom is -0.494 e. The van der Waals surface area contributed by atoms with Crippen molar-refractivity contribution in [2.45, 2.75) is 12.5 Å². The molecule has 0 radical (unpaired) electrons. The minimum atomic E-state index is -0.654. The number of benzene rings is 2. The van der Waals surface area contributed by atoms with Crippen molar-refractivity contribution in [1.29, 1.82) is 0 Å². The number of hydroxylamine groups is 1. The fraction of sp³-hybridized carbons (Fsp3) is 0.321. The Labute approximate surface area is 231 Å². The topological polar surface area (TPSA) is 95.1 Å². The van der Waals surface area contributed by atoms with Crippen LogP contribution in [-0.4, -0.2) is 67.7 Å². The Hall–Kier alpha value is -4.29. The quantitative estimate of drug-likeness (QED) is 0.398. The number of aromatic nitrogens is 2. The van der Waals surface area contributed by atoms with Gasteiger partial charge in [-0.15, -0.1) is 0 Å². The largest absolute Gasteiger partial charge is 0.494 e. The van der Waals surface area contributed by atoms with Crippen LogP contribution >= 0.6 is 0 Å². The molecule has 40 heavy (non-hydrogen) atoms. The van der Waals surface area contributed by atoms with Gasteiger partial charge in [0.05, 0.1) is 36.8 Å². The lowest BCUT2D eigenvalue weighted by molar-refractivity contribution is -0.111. The molecule has 1 amide bonds. The van der Waals surface area contributed by atoms with Crippen LogP contribution in [0.25, 0.3) is 0 Å². The van der Waals surface area contributed by atoms with Crippen molar-refractivity contribution in [2.24, 2.45) is 0 Å². The highest BCUT2D eigenvalue weighted by atomic mass is 19.1. The number of anilines is 5. The third-order valence-electron chi connectivity index (χ3n) is 6.92. The smallest absolute Gasteiger partial charge is 0.247 e. The van der Waals surface area contributed by atoms with Gasteiger partial charge in [-0.25, -0.2) is 23.8 Å². The van der Waals surface area contributed by atoms with Crippen molar-refractivity contribution in [1.82, 2.24) is 14.9 Å². The molecule has 1 atom stereocenters. The van der Waals surface area contributed by atoms with Gasteiger partial charge in [-0.3, -0.25) is 9.63 Å². The molecule has 210 valence electrons. The van der Waals surface area contributed by atoms with Crippen LogP contribution in [0.4, 0.5) is 37.5 Å². The molecule has 1 aromatic heterocycles. The molecule has 3 heterocycles. The van der Waals surface area contributed by atoms with E-state index in [0.717, 1.165) is 37.9 Å². The lowest BCUT2D eigenvalue weighted by Gasteiger charge is -2.35. The summed E-state index contributed by atoms with van der Waals surface area (Å²) in [5.74, 6) is -0.246. The zero-order valence-electron chi connectivity index (χ0n) is 22.4. The number of rotatable bonds is 8. The number of carbonyl (C=O) groups excluding carboxylic acids is 1. The standard InChI is InChI=1S/C28H31F2N7O3/c1-4-28(38)34-21-14-22(25(39-3)15-24(21)36-8-6-35(2)7-9-36)33-26-16-27(32-17-31-26)37-23(5-10-40-37)18-11-19(29)13-20(30)12-18/h4,11-17,23H,1,5-10H2,2-3H3,(H,34,38)(H,31,32,33)/t23-/m1/s1. The summed E-state index contributed by atoms with van der Waals surface area (Å²) in [6.45, 7) is 7.31. The first-order chi connectivity index (χ1) is 19.3. The summed E-state index contributed by atoms with van der Waals surface area (Å²) in [5, 5.41) is 7.68. The fourth-order valence-electron chi connectivity index (χ4n) is 4.87. The Morgan fingerprint density at radius 1 is 1.07 bits per heavy atom. The van der Waals surface area contributed by atoms with Crippen molar-refractivity contribution in [3.63, 3.8) is 0 Å². The van der Waals surface area contributed by atoms with Crippen LogP contribution in [0, 0.1) is 11.6 Å². The molecule has 0 bridgehead atoms. The van der Waals surface area contributed by atoms with Gasteiger partial charge in [0.25, 0.3) is 0 Å². The number of piperazine rings is 1. The molecule has 2 saturated heterocycles. The molecule has 2 aliphatic rings. The summed E-state index contributed by atoms with van der Waals surface area (Å²) >= 11 is 0.